The topological polar surface area (TPSA) is 85.8 Å². The summed E-state index contributed by atoms with van der Waals surface area (Å²) in [5.41, 5.74) is 0.732. The maximum atomic E-state index is 5.39. The van der Waals surface area contributed by atoms with Gasteiger partial charge < -0.3 is 4.52 Å². The van der Waals surface area contributed by atoms with Crippen molar-refractivity contribution in [2.24, 2.45) is 5.92 Å². The number of pyridine rings is 1. The van der Waals surface area contributed by atoms with Gasteiger partial charge in [0, 0.05) is 19.3 Å². The van der Waals surface area contributed by atoms with E-state index in [4.69, 9.17) is 4.52 Å². The van der Waals surface area contributed by atoms with Crippen molar-refractivity contribution >= 4 is 0 Å². The molecule has 0 N–H and O–H groups in total. The number of aromatic nitrogens is 6. The van der Waals surface area contributed by atoms with E-state index in [1.165, 1.54) is 12.8 Å². The summed E-state index contributed by atoms with van der Waals surface area (Å²) in [5.74, 6) is 1.75. The van der Waals surface area contributed by atoms with E-state index in [0.717, 1.165) is 25.3 Å². The first-order valence-electron chi connectivity index (χ1n) is 8.15. The van der Waals surface area contributed by atoms with Crippen LogP contribution in [0.25, 0.3) is 11.5 Å². The van der Waals surface area contributed by atoms with Crippen LogP contribution in [0.3, 0.4) is 0 Å². The zero-order valence-electron chi connectivity index (χ0n) is 13.3. The molecule has 3 aromatic rings. The molecule has 0 aliphatic carbocycles. The molecule has 0 bridgehead atoms. The van der Waals surface area contributed by atoms with Crippen molar-refractivity contribution in [2.45, 2.75) is 25.9 Å². The molecule has 1 fully saturated rings. The third kappa shape index (κ3) is 3.48. The molecular weight excluding hydrogens is 306 g/mol. The third-order valence-electron chi connectivity index (χ3n) is 4.24. The molecule has 0 aromatic carbocycles. The molecule has 0 amide bonds. The number of likely N-dealkylation sites (tertiary alicyclic amines) is 1. The van der Waals surface area contributed by atoms with E-state index in [1.54, 1.807) is 18.9 Å². The molecule has 4 rings (SSSR count). The molecule has 4 heterocycles. The van der Waals surface area contributed by atoms with Gasteiger partial charge in [-0.25, -0.2) is 4.98 Å². The molecule has 1 atom stereocenters. The molecule has 0 unspecified atom stereocenters. The van der Waals surface area contributed by atoms with Crippen LogP contribution in [0.5, 0.6) is 0 Å². The lowest BCUT2D eigenvalue weighted by atomic mass is 9.98. The van der Waals surface area contributed by atoms with Crippen molar-refractivity contribution in [3.05, 3.63) is 42.9 Å². The van der Waals surface area contributed by atoms with E-state index in [2.05, 4.69) is 30.1 Å². The lowest BCUT2D eigenvalue weighted by molar-refractivity contribution is 0.138. The van der Waals surface area contributed by atoms with Crippen molar-refractivity contribution < 1.29 is 4.52 Å². The average Bonchev–Trinajstić information content (AvgIpc) is 3.28. The SMILES string of the molecule is c1ccc(-c2noc(CN3CCC[C@@H](Cn4cncn4)C3)n2)nc1. The number of hydrogen-bond donors (Lipinski definition) is 0. The number of hydrogen-bond acceptors (Lipinski definition) is 7. The summed E-state index contributed by atoms with van der Waals surface area (Å²) in [5, 5.41) is 8.23. The van der Waals surface area contributed by atoms with Crippen LogP contribution in [0.1, 0.15) is 18.7 Å². The molecule has 0 saturated carbocycles. The van der Waals surface area contributed by atoms with Crippen molar-refractivity contribution in [3.8, 4) is 11.5 Å². The van der Waals surface area contributed by atoms with Gasteiger partial charge in [-0.15, -0.1) is 0 Å². The van der Waals surface area contributed by atoms with E-state index in [9.17, 15) is 0 Å². The predicted molar refractivity (Wildman–Crippen MR) is 85.6 cm³/mol. The number of piperidine rings is 1. The molecule has 8 nitrogen and oxygen atoms in total. The Morgan fingerprint density at radius 3 is 3.12 bits per heavy atom. The fourth-order valence-corrected chi connectivity index (χ4v) is 3.14. The predicted octanol–water partition coefficient (Wildman–Crippen LogP) is 1.64. The summed E-state index contributed by atoms with van der Waals surface area (Å²) in [6.07, 6.45) is 7.46. The highest BCUT2D eigenvalue weighted by Gasteiger charge is 2.22. The second-order valence-electron chi connectivity index (χ2n) is 6.09. The van der Waals surface area contributed by atoms with Crippen LogP contribution in [0, 0.1) is 5.92 Å². The summed E-state index contributed by atoms with van der Waals surface area (Å²) in [4.78, 5) is 15.1. The van der Waals surface area contributed by atoms with Gasteiger partial charge in [0.1, 0.15) is 18.3 Å². The minimum atomic E-state index is 0.543. The first-order valence-corrected chi connectivity index (χ1v) is 8.15. The standard InChI is InChI=1S/C16H19N7O/c1-2-6-18-14(5-1)16-20-15(24-21-16)10-22-7-3-4-13(8-22)9-23-12-17-11-19-23/h1-2,5-6,11-13H,3-4,7-10H2/t13-/m1/s1. The number of nitrogens with zero attached hydrogens (tertiary/aromatic N) is 7. The Kier molecular flexibility index (Phi) is 4.28. The van der Waals surface area contributed by atoms with E-state index >= 15 is 0 Å². The van der Waals surface area contributed by atoms with E-state index < -0.39 is 0 Å². The highest BCUT2D eigenvalue weighted by Crippen LogP contribution is 2.20. The van der Waals surface area contributed by atoms with Crippen LogP contribution in [0.15, 0.2) is 41.6 Å². The molecule has 1 aliphatic rings. The zero-order chi connectivity index (χ0) is 16.2. The van der Waals surface area contributed by atoms with E-state index in [-0.39, 0.29) is 0 Å². The van der Waals surface area contributed by atoms with Crippen LogP contribution in [0.4, 0.5) is 0 Å². The normalized spacial score (nSPS) is 18.8. The molecule has 1 aliphatic heterocycles. The second kappa shape index (κ2) is 6.88. The largest absolute Gasteiger partial charge is 0.337 e. The number of rotatable bonds is 5. The lowest BCUT2D eigenvalue weighted by Crippen LogP contribution is -2.36. The van der Waals surface area contributed by atoms with Crippen LogP contribution in [-0.4, -0.2) is 47.9 Å². The fourth-order valence-electron chi connectivity index (χ4n) is 3.14. The van der Waals surface area contributed by atoms with Gasteiger partial charge in [0.2, 0.25) is 11.7 Å². The smallest absolute Gasteiger partial charge is 0.241 e. The molecule has 0 spiro atoms. The molecule has 3 aromatic heterocycles. The first kappa shape index (κ1) is 14.9. The maximum absolute atomic E-state index is 5.39. The summed E-state index contributed by atoms with van der Waals surface area (Å²) in [6.45, 7) is 3.63. The van der Waals surface area contributed by atoms with Gasteiger partial charge >= 0.3 is 0 Å². The summed E-state index contributed by atoms with van der Waals surface area (Å²) in [7, 11) is 0. The Hall–Kier alpha value is -2.61. The Bertz CT molecular complexity index is 756. The quantitative estimate of drug-likeness (QED) is 0.704. The van der Waals surface area contributed by atoms with Gasteiger partial charge in [0.15, 0.2) is 0 Å². The fraction of sp³-hybridized carbons (Fsp3) is 0.438. The molecule has 1 saturated heterocycles. The van der Waals surface area contributed by atoms with Crippen LogP contribution in [-0.2, 0) is 13.1 Å². The Morgan fingerprint density at radius 2 is 2.29 bits per heavy atom. The third-order valence-corrected chi connectivity index (χ3v) is 4.24. The average molecular weight is 325 g/mol. The van der Waals surface area contributed by atoms with E-state index in [1.807, 2.05) is 22.9 Å². The van der Waals surface area contributed by atoms with Crippen LogP contribution in [0.2, 0.25) is 0 Å². The van der Waals surface area contributed by atoms with Gasteiger partial charge in [-0.1, -0.05) is 11.2 Å². The summed E-state index contributed by atoms with van der Waals surface area (Å²) in [6, 6.07) is 5.66. The molecule has 124 valence electrons. The monoisotopic (exact) mass is 325 g/mol. The van der Waals surface area contributed by atoms with Crippen molar-refractivity contribution in [3.63, 3.8) is 0 Å². The van der Waals surface area contributed by atoms with E-state index in [0.29, 0.717) is 24.2 Å². The molecule has 8 heteroatoms. The Morgan fingerprint density at radius 1 is 1.29 bits per heavy atom. The second-order valence-corrected chi connectivity index (χ2v) is 6.09. The van der Waals surface area contributed by atoms with Gasteiger partial charge in [0.05, 0.1) is 6.54 Å². The summed E-state index contributed by atoms with van der Waals surface area (Å²) < 4.78 is 7.30. The first-order chi connectivity index (χ1) is 11.9. The van der Waals surface area contributed by atoms with Crippen LogP contribution < -0.4 is 0 Å². The summed E-state index contributed by atoms with van der Waals surface area (Å²) >= 11 is 0. The van der Waals surface area contributed by atoms with Gasteiger partial charge in [0.25, 0.3) is 0 Å². The van der Waals surface area contributed by atoms with Gasteiger partial charge in [-0.3, -0.25) is 14.6 Å². The van der Waals surface area contributed by atoms with Crippen molar-refractivity contribution in [1.82, 2.24) is 34.8 Å². The van der Waals surface area contributed by atoms with Crippen molar-refractivity contribution in [2.75, 3.05) is 13.1 Å². The lowest BCUT2D eigenvalue weighted by Gasteiger charge is -2.31. The minimum absolute atomic E-state index is 0.543. The Balaban J connectivity index is 1.37. The zero-order valence-corrected chi connectivity index (χ0v) is 13.3. The minimum Gasteiger partial charge on any atom is -0.337 e. The van der Waals surface area contributed by atoms with Crippen molar-refractivity contribution in [1.29, 1.82) is 0 Å². The molecule has 24 heavy (non-hydrogen) atoms. The Labute approximate surface area is 139 Å². The molecular formula is C16H19N7O. The van der Waals surface area contributed by atoms with Gasteiger partial charge in [-0.05, 0) is 37.4 Å². The van der Waals surface area contributed by atoms with Gasteiger partial charge in [-0.2, -0.15) is 10.1 Å². The highest BCUT2D eigenvalue weighted by atomic mass is 16.5. The highest BCUT2D eigenvalue weighted by molar-refractivity contribution is 5.46. The van der Waals surface area contributed by atoms with Crippen LogP contribution >= 0.6 is 0 Å². The maximum Gasteiger partial charge on any atom is 0.241 e. The molecule has 0 radical (unpaired) electrons.